The molecule has 0 saturated heterocycles. The highest BCUT2D eigenvalue weighted by molar-refractivity contribution is 9.10. The molecule has 0 aliphatic rings. The van der Waals surface area contributed by atoms with E-state index in [-0.39, 0.29) is 0 Å². The Labute approximate surface area is 79.9 Å². The Balaban J connectivity index is 2.52. The van der Waals surface area contributed by atoms with Gasteiger partial charge in [0.2, 0.25) is 0 Å². The van der Waals surface area contributed by atoms with Gasteiger partial charge in [-0.2, -0.15) is 0 Å². The minimum atomic E-state index is 0.718. The molecule has 0 bridgehead atoms. The van der Waals surface area contributed by atoms with Crippen molar-refractivity contribution in [3.05, 3.63) is 28.5 Å². The SMILES string of the molecule is ClCCCc1ccc(Br)nc1. The van der Waals surface area contributed by atoms with Gasteiger partial charge in [-0.1, -0.05) is 6.07 Å². The van der Waals surface area contributed by atoms with Crippen LogP contribution in [0.3, 0.4) is 0 Å². The zero-order valence-corrected chi connectivity index (χ0v) is 8.40. The molecule has 60 valence electrons. The Hall–Kier alpha value is -0.0800. The van der Waals surface area contributed by atoms with Crippen molar-refractivity contribution < 1.29 is 0 Å². The lowest BCUT2D eigenvalue weighted by molar-refractivity contribution is 0.918. The minimum Gasteiger partial charge on any atom is -0.249 e. The van der Waals surface area contributed by atoms with E-state index in [9.17, 15) is 0 Å². The first-order chi connectivity index (χ1) is 5.33. The minimum absolute atomic E-state index is 0.718. The zero-order valence-electron chi connectivity index (χ0n) is 6.06. The van der Waals surface area contributed by atoms with Crippen LogP contribution in [0.2, 0.25) is 0 Å². The topological polar surface area (TPSA) is 12.9 Å². The van der Waals surface area contributed by atoms with Gasteiger partial charge < -0.3 is 0 Å². The highest BCUT2D eigenvalue weighted by atomic mass is 79.9. The maximum Gasteiger partial charge on any atom is 0.106 e. The van der Waals surface area contributed by atoms with Crippen LogP contribution >= 0.6 is 27.5 Å². The van der Waals surface area contributed by atoms with Gasteiger partial charge in [-0.05, 0) is 40.4 Å². The van der Waals surface area contributed by atoms with Crippen LogP contribution in [0.15, 0.2) is 22.9 Å². The molecule has 1 aromatic heterocycles. The summed E-state index contributed by atoms with van der Waals surface area (Å²) in [6.07, 6.45) is 3.91. The van der Waals surface area contributed by atoms with Gasteiger partial charge in [0.05, 0.1) is 0 Å². The van der Waals surface area contributed by atoms with E-state index in [2.05, 4.69) is 27.0 Å². The first-order valence-electron chi connectivity index (χ1n) is 3.49. The second-order valence-electron chi connectivity index (χ2n) is 2.28. The number of alkyl halides is 1. The number of hydrogen-bond acceptors (Lipinski definition) is 1. The van der Waals surface area contributed by atoms with Crippen LogP contribution in [0, 0.1) is 0 Å². The fourth-order valence-corrected chi connectivity index (χ4v) is 1.19. The monoisotopic (exact) mass is 233 g/mol. The van der Waals surface area contributed by atoms with E-state index in [0.717, 1.165) is 23.3 Å². The van der Waals surface area contributed by atoms with Crippen molar-refractivity contribution in [2.24, 2.45) is 0 Å². The van der Waals surface area contributed by atoms with Crippen molar-refractivity contribution in [1.82, 2.24) is 4.98 Å². The van der Waals surface area contributed by atoms with E-state index in [1.54, 1.807) is 0 Å². The number of aromatic nitrogens is 1. The molecule has 0 atom stereocenters. The van der Waals surface area contributed by atoms with E-state index in [1.807, 2.05) is 12.3 Å². The van der Waals surface area contributed by atoms with Crippen LogP contribution in [0.1, 0.15) is 12.0 Å². The predicted octanol–water partition coefficient (Wildman–Crippen LogP) is 3.02. The molecule has 0 aromatic carbocycles. The second kappa shape index (κ2) is 4.73. The molecule has 0 amide bonds. The predicted molar refractivity (Wildman–Crippen MR) is 51.0 cm³/mol. The molecule has 0 N–H and O–H groups in total. The molecule has 1 nitrogen and oxygen atoms in total. The molecule has 1 heterocycles. The van der Waals surface area contributed by atoms with Crippen LogP contribution < -0.4 is 0 Å². The van der Waals surface area contributed by atoms with Crippen molar-refractivity contribution in [3.63, 3.8) is 0 Å². The van der Waals surface area contributed by atoms with E-state index in [1.165, 1.54) is 5.56 Å². The molecule has 0 aliphatic heterocycles. The van der Waals surface area contributed by atoms with Crippen LogP contribution in [-0.2, 0) is 6.42 Å². The molecule has 0 spiro atoms. The van der Waals surface area contributed by atoms with Crippen LogP contribution in [0.25, 0.3) is 0 Å². The Morgan fingerprint density at radius 2 is 2.27 bits per heavy atom. The Morgan fingerprint density at radius 1 is 1.45 bits per heavy atom. The van der Waals surface area contributed by atoms with Crippen molar-refractivity contribution in [2.45, 2.75) is 12.8 Å². The van der Waals surface area contributed by atoms with E-state index in [0.29, 0.717) is 0 Å². The van der Waals surface area contributed by atoms with Gasteiger partial charge in [-0.3, -0.25) is 0 Å². The highest BCUT2D eigenvalue weighted by Crippen LogP contribution is 2.07. The molecule has 1 aromatic rings. The summed E-state index contributed by atoms with van der Waals surface area (Å²) in [4.78, 5) is 4.11. The first-order valence-corrected chi connectivity index (χ1v) is 4.82. The third kappa shape index (κ3) is 3.21. The average molecular weight is 235 g/mol. The summed E-state index contributed by atoms with van der Waals surface area (Å²) in [5, 5.41) is 0. The second-order valence-corrected chi connectivity index (χ2v) is 3.47. The third-order valence-corrected chi connectivity index (χ3v) is 2.12. The number of nitrogens with zero attached hydrogens (tertiary/aromatic N) is 1. The third-order valence-electron chi connectivity index (χ3n) is 1.39. The quantitative estimate of drug-likeness (QED) is 0.579. The lowest BCUT2D eigenvalue weighted by atomic mass is 10.2. The number of pyridine rings is 1. The van der Waals surface area contributed by atoms with Gasteiger partial charge in [0.25, 0.3) is 0 Å². The molecule has 0 aliphatic carbocycles. The highest BCUT2D eigenvalue weighted by Gasteiger charge is 1.92. The Morgan fingerprint density at radius 3 is 2.82 bits per heavy atom. The van der Waals surface area contributed by atoms with Crippen molar-refractivity contribution in [1.29, 1.82) is 0 Å². The summed E-state index contributed by atoms with van der Waals surface area (Å²) in [5.74, 6) is 0.718. The van der Waals surface area contributed by atoms with E-state index < -0.39 is 0 Å². The van der Waals surface area contributed by atoms with Crippen molar-refractivity contribution >= 4 is 27.5 Å². The summed E-state index contributed by atoms with van der Waals surface area (Å²) in [5.41, 5.74) is 1.24. The summed E-state index contributed by atoms with van der Waals surface area (Å²) >= 11 is 8.83. The van der Waals surface area contributed by atoms with Gasteiger partial charge >= 0.3 is 0 Å². The van der Waals surface area contributed by atoms with Gasteiger partial charge in [0, 0.05) is 12.1 Å². The summed E-state index contributed by atoms with van der Waals surface area (Å²) in [7, 11) is 0. The molecule has 1 rings (SSSR count). The molecule has 0 saturated carbocycles. The average Bonchev–Trinajstić information content (AvgIpc) is 2.04. The fraction of sp³-hybridized carbons (Fsp3) is 0.375. The molecule has 3 heteroatoms. The summed E-state index contributed by atoms with van der Waals surface area (Å²) in [6.45, 7) is 0. The van der Waals surface area contributed by atoms with Gasteiger partial charge in [-0.15, -0.1) is 11.6 Å². The van der Waals surface area contributed by atoms with Crippen LogP contribution in [-0.4, -0.2) is 10.9 Å². The number of hydrogen-bond donors (Lipinski definition) is 0. The maximum atomic E-state index is 5.55. The Kier molecular flexibility index (Phi) is 3.87. The molecule has 11 heavy (non-hydrogen) atoms. The standard InChI is InChI=1S/C8H9BrClN/c9-8-4-3-7(6-11-8)2-1-5-10/h3-4,6H,1-2,5H2. The lowest BCUT2D eigenvalue weighted by Crippen LogP contribution is -1.87. The maximum absolute atomic E-state index is 5.55. The van der Waals surface area contributed by atoms with Gasteiger partial charge in [0.15, 0.2) is 0 Å². The van der Waals surface area contributed by atoms with Crippen molar-refractivity contribution in [2.75, 3.05) is 5.88 Å². The van der Waals surface area contributed by atoms with Gasteiger partial charge in [-0.25, -0.2) is 4.98 Å². The lowest BCUT2D eigenvalue weighted by Gasteiger charge is -1.97. The van der Waals surface area contributed by atoms with E-state index >= 15 is 0 Å². The molecular weight excluding hydrogens is 225 g/mol. The largest absolute Gasteiger partial charge is 0.249 e. The van der Waals surface area contributed by atoms with Crippen LogP contribution in [0.5, 0.6) is 0 Å². The smallest absolute Gasteiger partial charge is 0.106 e. The van der Waals surface area contributed by atoms with Gasteiger partial charge in [0.1, 0.15) is 4.60 Å². The number of aryl methyl sites for hydroxylation is 1. The molecule has 0 radical (unpaired) electrons. The summed E-state index contributed by atoms with van der Waals surface area (Å²) in [6, 6.07) is 4.01. The first kappa shape index (κ1) is 9.01. The Bertz CT molecular complexity index is 210. The molecule has 0 fully saturated rings. The fourth-order valence-electron chi connectivity index (χ4n) is 0.825. The summed E-state index contributed by atoms with van der Waals surface area (Å²) < 4.78 is 0.882. The normalized spacial score (nSPS) is 10.0. The van der Waals surface area contributed by atoms with Crippen molar-refractivity contribution in [3.8, 4) is 0 Å². The van der Waals surface area contributed by atoms with Crippen LogP contribution in [0.4, 0.5) is 0 Å². The number of halogens is 2. The number of rotatable bonds is 3. The molecular formula is C8H9BrClN. The zero-order chi connectivity index (χ0) is 8.10. The van der Waals surface area contributed by atoms with E-state index in [4.69, 9.17) is 11.6 Å². The molecule has 0 unspecified atom stereocenters.